The summed E-state index contributed by atoms with van der Waals surface area (Å²) in [6.07, 6.45) is 0.340. The maximum absolute atomic E-state index is 10.4. The Morgan fingerprint density at radius 3 is 2.92 bits per heavy atom. The van der Waals surface area contributed by atoms with Crippen LogP contribution in [-0.2, 0) is 11.2 Å². The highest BCUT2D eigenvalue weighted by Gasteiger charge is 2.12. The highest BCUT2D eigenvalue weighted by Crippen LogP contribution is 2.19. The monoisotopic (exact) mass is 205 g/mol. The molecular formula is C7H8ClNO2S. The Labute approximate surface area is 78.8 Å². The van der Waals surface area contributed by atoms with Gasteiger partial charge in [0, 0.05) is 16.7 Å². The van der Waals surface area contributed by atoms with Crippen LogP contribution < -0.4 is 5.73 Å². The zero-order valence-corrected chi connectivity index (χ0v) is 7.73. The molecule has 3 nitrogen and oxygen atoms in total. The van der Waals surface area contributed by atoms with E-state index in [1.54, 1.807) is 11.4 Å². The van der Waals surface area contributed by atoms with Crippen LogP contribution in [0.1, 0.15) is 4.88 Å². The van der Waals surface area contributed by atoms with E-state index in [0.29, 0.717) is 11.4 Å². The molecular weight excluding hydrogens is 198 g/mol. The van der Waals surface area contributed by atoms with Gasteiger partial charge in [-0.25, -0.2) is 0 Å². The van der Waals surface area contributed by atoms with Crippen LogP contribution in [0, 0.1) is 0 Å². The summed E-state index contributed by atoms with van der Waals surface area (Å²) in [5.41, 5.74) is 5.32. The molecule has 0 saturated heterocycles. The van der Waals surface area contributed by atoms with Gasteiger partial charge in [0.05, 0.1) is 5.02 Å². The van der Waals surface area contributed by atoms with Crippen LogP contribution in [0.15, 0.2) is 11.4 Å². The van der Waals surface area contributed by atoms with E-state index in [9.17, 15) is 4.79 Å². The highest BCUT2D eigenvalue weighted by molar-refractivity contribution is 7.10. The average Bonchev–Trinajstić information content (AvgIpc) is 2.35. The number of nitrogens with two attached hydrogens (primary N) is 1. The van der Waals surface area contributed by atoms with Gasteiger partial charge in [-0.1, -0.05) is 11.6 Å². The van der Waals surface area contributed by atoms with Crippen LogP contribution in [0.4, 0.5) is 0 Å². The predicted molar refractivity (Wildman–Crippen MR) is 48.6 cm³/mol. The number of aliphatic carboxylic acids is 1. The molecule has 12 heavy (non-hydrogen) atoms. The molecule has 1 aromatic rings. The first kappa shape index (κ1) is 9.51. The number of halogens is 1. The number of thiophene rings is 1. The highest BCUT2D eigenvalue weighted by atomic mass is 35.5. The number of carboxylic acids is 1. The van der Waals surface area contributed by atoms with Gasteiger partial charge in [0.25, 0.3) is 0 Å². The minimum Gasteiger partial charge on any atom is -0.480 e. The van der Waals surface area contributed by atoms with Gasteiger partial charge in [-0.05, 0) is 6.07 Å². The molecule has 0 aliphatic heterocycles. The molecule has 3 N–H and O–H groups in total. The van der Waals surface area contributed by atoms with Crippen molar-refractivity contribution in [2.45, 2.75) is 12.5 Å². The lowest BCUT2D eigenvalue weighted by Gasteiger charge is -2.02. The first-order valence-corrected chi connectivity index (χ1v) is 4.56. The average molecular weight is 206 g/mol. The Hall–Kier alpha value is -0.580. The zero-order valence-electron chi connectivity index (χ0n) is 6.16. The van der Waals surface area contributed by atoms with E-state index in [-0.39, 0.29) is 0 Å². The fraction of sp³-hybridized carbons (Fsp3) is 0.286. The summed E-state index contributed by atoms with van der Waals surface area (Å²) in [5, 5.41) is 10.9. The van der Waals surface area contributed by atoms with E-state index in [1.807, 2.05) is 0 Å². The molecule has 0 aromatic carbocycles. The third-order valence-corrected chi connectivity index (χ3v) is 2.67. The molecule has 0 fully saturated rings. The largest absolute Gasteiger partial charge is 0.480 e. The molecule has 0 saturated carbocycles. The van der Waals surface area contributed by atoms with Crippen LogP contribution >= 0.6 is 22.9 Å². The Balaban J connectivity index is 2.58. The fourth-order valence-corrected chi connectivity index (χ4v) is 1.90. The summed E-state index contributed by atoms with van der Waals surface area (Å²) in [6.45, 7) is 0. The Bertz CT molecular complexity index is 287. The molecule has 66 valence electrons. The third-order valence-electron chi connectivity index (χ3n) is 1.36. The van der Waals surface area contributed by atoms with Crippen LogP contribution in [0.3, 0.4) is 0 Å². The van der Waals surface area contributed by atoms with Crippen molar-refractivity contribution < 1.29 is 9.90 Å². The van der Waals surface area contributed by atoms with E-state index >= 15 is 0 Å². The van der Waals surface area contributed by atoms with Gasteiger partial charge in [0.2, 0.25) is 0 Å². The van der Waals surface area contributed by atoms with Crippen LogP contribution in [0.2, 0.25) is 5.02 Å². The number of hydrogen-bond acceptors (Lipinski definition) is 3. The predicted octanol–water partition coefficient (Wildman–Crippen LogP) is 1.36. The first-order valence-electron chi connectivity index (χ1n) is 3.31. The summed E-state index contributed by atoms with van der Waals surface area (Å²) in [7, 11) is 0. The molecule has 0 amide bonds. The molecule has 0 aliphatic carbocycles. The number of hydrogen-bond donors (Lipinski definition) is 2. The summed E-state index contributed by atoms with van der Waals surface area (Å²) in [5.74, 6) is -0.987. The van der Waals surface area contributed by atoms with Crippen molar-refractivity contribution in [2.24, 2.45) is 5.73 Å². The molecule has 0 spiro atoms. The lowest BCUT2D eigenvalue weighted by molar-refractivity contribution is -0.138. The quantitative estimate of drug-likeness (QED) is 0.783. The minimum absolute atomic E-state index is 0.340. The fourth-order valence-electron chi connectivity index (χ4n) is 0.765. The molecule has 1 aromatic heterocycles. The molecule has 1 atom stereocenters. The topological polar surface area (TPSA) is 63.3 Å². The second-order valence-corrected chi connectivity index (χ2v) is 3.81. The van der Waals surface area contributed by atoms with Crippen molar-refractivity contribution in [3.05, 3.63) is 21.3 Å². The second-order valence-electron chi connectivity index (χ2n) is 2.38. The van der Waals surface area contributed by atoms with Gasteiger partial charge in [0.1, 0.15) is 6.04 Å². The van der Waals surface area contributed by atoms with E-state index in [1.165, 1.54) is 11.3 Å². The summed E-state index contributed by atoms with van der Waals surface area (Å²) >= 11 is 7.07. The molecule has 0 bridgehead atoms. The van der Waals surface area contributed by atoms with E-state index in [4.69, 9.17) is 22.4 Å². The second kappa shape index (κ2) is 3.89. The van der Waals surface area contributed by atoms with Gasteiger partial charge in [-0.2, -0.15) is 0 Å². The van der Waals surface area contributed by atoms with Crippen LogP contribution in [0.25, 0.3) is 0 Å². The van der Waals surface area contributed by atoms with Gasteiger partial charge in [0.15, 0.2) is 0 Å². The van der Waals surface area contributed by atoms with Crippen LogP contribution in [0.5, 0.6) is 0 Å². The van der Waals surface area contributed by atoms with E-state index in [0.717, 1.165) is 4.88 Å². The molecule has 1 unspecified atom stereocenters. The SMILES string of the molecule is NC(Cc1cc(Cl)cs1)C(=O)O. The summed E-state index contributed by atoms with van der Waals surface area (Å²) < 4.78 is 0. The smallest absolute Gasteiger partial charge is 0.320 e. The minimum atomic E-state index is -0.987. The number of carboxylic acid groups (broad SMARTS) is 1. The molecule has 0 radical (unpaired) electrons. The van der Waals surface area contributed by atoms with Crippen molar-refractivity contribution in [1.29, 1.82) is 0 Å². The van der Waals surface area contributed by atoms with Crippen molar-refractivity contribution >= 4 is 28.9 Å². The van der Waals surface area contributed by atoms with Gasteiger partial charge >= 0.3 is 5.97 Å². The van der Waals surface area contributed by atoms with Crippen molar-refractivity contribution in [3.63, 3.8) is 0 Å². The Kier molecular flexibility index (Phi) is 3.08. The lowest BCUT2D eigenvalue weighted by Crippen LogP contribution is -2.31. The summed E-state index contributed by atoms with van der Waals surface area (Å²) in [6, 6.07) is 0.898. The molecule has 0 aliphatic rings. The van der Waals surface area contributed by atoms with Crippen LogP contribution in [-0.4, -0.2) is 17.1 Å². The maximum atomic E-state index is 10.4. The van der Waals surface area contributed by atoms with Gasteiger partial charge < -0.3 is 10.8 Å². The number of carbonyl (C=O) groups is 1. The Morgan fingerprint density at radius 1 is 1.83 bits per heavy atom. The number of rotatable bonds is 3. The van der Waals surface area contributed by atoms with Crippen molar-refractivity contribution in [3.8, 4) is 0 Å². The van der Waals surface area contributed by atoms with Crippen molar-refractivity contribution in [1.82, 2.24) is 0 Å². The normalized spacial score (nSPS) is 12.8. The third kappa shape index (κ3) is 2.48. The van der Waals surface area contributed by atoms with E-state index < -0.39 is 12.0 Å². The summed E-state index contributed by atoms with van der Waals surface area (Å²) in [4.78, 5) is 11.3. The molecule has 1 rings (SSSR count). The standard InChI is InChI=1S/C7H8ClNO2S/c8-4-1-5(12-3-4)2-6(9)7(10)11/h1,3,6H,2,9H2,(H,10,11). The van der Waals surface area contributed by atoms with Gasteiger partial charge in [-0.3, -0.25) is 4.79 Å². The molecule has 5 heteroatoms. The van der Waals surface area contributed by atoms with Gasteiger partial charge in [-0.15, -0.1) is 11.3 Å². The lowest BCUT2D eigenvalue weighted by atomic mass is 10.2. The van der Waals surface area contributed by atoms with Crippen molar-refractivity contribution in [2.75, 3.05) is 0 Å². The first-order chi connectivity index (χ1) is 5.59. The molecule has 1 heterocycles. The maximum Gasteiger partial charge on any atom is 0.320 e. The Morgan fingerprint density at radius 2 is 2.50 bits per heavy atom. The van der Waals surface area contributed by atoms with E-state index in [2.05, 4.69) is 0 Å². The zero-order chi connectivity index (χ0) is 9.14.